The molecule has 0 spiro atoms. The van der Waals surface area contributed by atoms with E-state index in [1.807, 2.05) is 38.1 Å². The summed E-state index contributed by atoms with van der Waals surface area (Å²) in [5.41, 5.74) is 3.58. The zero-order valence-corrected chi connectivity index (χ0v) is 13.8. The summed E-state index contributed by atoms with van der Waals surface area (Å²) >= 11 is 0. The number of rotatable bonds is 6. The Labute approximate surface area is 136 Å². The van der Waals surface area contributed by atoms with Gasteiger partial charge in [0.15, 0.2) is 0 Å². The van der Waals surface area contributed by atoms with Crippen molar-refractivity contribution in [3.05, 3.63) is 30.0 Å². The third-order valence-corrected chi connectivity index (χ3v) is 3.98. The number of aromatic nitrogens is 2. The Kier molecular flexibility index (Phi) is 4.37. The first-order chi connectivity index (χ1) is 11.1. The molecule has 2 N–H and O–H groups in total. The highest BCUT2D eigenvalue weighted by Gasteiger charge is 2.31. The van der Waals surface area contributed by atoms with Gasteiger partial charge < -0.3 is 10.1 Å². The minimum atomic E-state index is 0.0347. The number of hydrogen-bond acceptors (Lipinski definition) is 3. The number of ether oxygens (including phenoxy) is 1. The molecule has 0 saturated heterocycles. The van der Waals surface area contributed by atoms with Crippen LogP contribution in [0.3, 0.4) is 0 Å². The van der Waals surface area contributed by atoms with Crippen LogP contribution in [0, 0.1) is 5.92 Å². The standard InChI is InChI=1S/C18H23N3O2/c1-11(2)9-15(22)19-18-16(12-7-8-12)20-21-17(18)13-5-4-6-14(10-13)23-3/h4-6,10-12H,7-9H2,1-3H3,(H,19,22)(H,20,21). The first-order valence-electron chi connectivity index (χ1n) is 8.11. The van der Waals surface area contributed by atoms with E-state index in [2.05, 4.69) is 15.5 Å². The quantitative estimate of drug-likeness (QED) is 0.848. The van der Waals surface area contributed by atoms with Crippen molar-refractivity contribution in [2.75, 3.05) is 12.4 Å². The predicted octanol–water partition coefficient (Wildman–Crippen LogP) is 3.95. The fourth-order valence-corrected chi connectivity index (χ4v) is 2.69. The maximum atomic E-state index is 12.2. The molecule has 1 aliphatic rings. The van der Waals surface area contributed by atoms with Crippen molar-refractivity contribution in [2.24, 2.45) is 5.92 Å². The highest BCUT2D eigenvalue weighted by atomic mass is 16.5. The lowest BCUT2D eigenvalue weighted by Gasteiger charge is -2.10. The van der Waals surface area contributed by atoms with Crippen molar-refractivity contribution in [3.8, 4) is 17.0 Å². The molecule has 1 fully saturated rings. The average molecular weight is 313 g/mol. The summed E-state index contributed by atoms with van der Waals surface area (Å²) in [4.78, 5) is 12.2. The van der Waals surface area contributed by atoms with Gasteiger partial charge >= 0.3 is 0 Å². The lowest BCUT2D eigenvalue weighted by atomic mass is 10.1. The Morgan fingerprint density at radius 3 is 2.87 bits per heavy atom. The van der Waals surface area contributed by atoms with Crippen LogP contribution in [0.15, 0.2) is 24.3 Å². The minimum Gasteiger partial charge on any atom is -0.497 e. The molecule has 5 nitrogen and oxygen atoms in total. The van der Waals surface area contributed by atoms with E-state index in [1.54, 1.807) is 7.11 Å². The summed E-state index contributed by atoms with van der Waals surface area (Å²) in [6, 6.07) is 7.74. The molecule has 0 bridgehead atoms. The van der Waals surface area contributed by atoms with Gasteiger partial charge in [-0.15, -0.1) is 0 Å². The molecule has 3 rings (SSSR count). The Bertz CT molecular complexity index is 702. The second kappa shape index (κ2) is 6.44. The van der Waals surface area contributed by atoms with Gasteiger partial charge in [-0.05, 0) is 30.9 Å². The molecule has 0 aliphatic heterocycles. The Balaban J connectivity index is 1.94. The van der Waals surface area contributed by atoms with Crippen molar-refractivity contribution in [2.45, 2.75) is 39.0 Å². The van der Waals surface area contributed by atoms with E-state index in [-0.39, 0.29) is 5.91 Å². The Morgan fingerprint density at radius 2 is 2.22 bits per heavy atom. The van der Waals surface area contributed by atoms with E-state index in [0.29, 0.717) is 18.3 Å². The van der Waals surface area contributed by atoms with Crippen LogP contribution in [0.5, 0.6) is 5.75 Å². The number of nitrogens with one attached hydrogen (secondary N) is 2. The molecule has 0 atom stereocenters. The number of carbonyl (C=O) groups excluding carboxylic acids is 1. The van der Waals surface area contributed by atoms with Gasteiger partial charge in [0.05, 0.1) is 18.5 Å². The highest BCUT2D eigenvalue weighted by Crippen LogP contribution is 2.45. The molecule has 1 amide bonds. The number of benzene rings is 1. The predicted molar refractivity (Wildman–Crippen MR) is 90.6 cm³/mol. The maximum Gasteiger partial charge on any atom is 0.224 e. The number of aromatic amines is 1. The molecule has 5 heteroatoms. The van der Waals surface area contributed by atoms with Crippen molar-refractivity contribution in [1.82, 2.24) is 10.2 Å². The van der Waals surface area contributed by atoms with Crippen LogP contribution in [0.1, 0.15) is 44.7 Å². The summed E-state index contributed by atoms with van der Waals surface area (Å²) in [6.45, 7) is 4.08. The Hall–Kier alpha value is -2.30. The lowest BCUT2D eigenvalue weighted by Crippen LogP contribution is -2.15. The highest BCUT2D eigenvalue weighted by molar-refractivity contribution is 5.96. The summed E-state index contributed by atoms with van der Waals surface area (Å²) in [5, 5.41) is 10.7. The second-order valence-electron chi connectivity index (χ2n) is 6.51. The van der Waals surface area contributed by atoms with E-state index >= 15 is 0 Å². The molecule has 1 heterocycles. The molecule has 122 valence electrons. The maximum absolute atomic E-state index is 12.2. The van der Waals surface area contributed by atoms with E-state index in [4.69, 9.17) is 4.74 Å². The van der Waals surface area contributed by atoms with Gasteiger partial charge in [-0.2, -0.15) is 5.10 Å². The van der Waals surface area contributed by atoms with Crippen LogP contribution in [0.4, 0.5) is 5.69 Å². The van der Waals surface area contributed by atoms with E-state index in [9.17, 15) is 4.79 Å². The smallest absolute Gasteiger partial charge is 0.224 e. The number of hydrogen-bond donors (Lipinski definition) is 2. The molecule has 0 unspecified atom stereocenters. The van der Waals surface area contributed by atoms with Crippen LogP contribution in [0.2, 0.25) is 0 Å². The van der Waals surface area contributed by atoms with Crippen LogP contribution < -0.4 is 10.1 Å². The van der Waals surface area contributed by atoms with Gasteiger partial charge in [0.2, 0.25) is 5.91 Å². The van der Waals surface area contributed by atoms with Crippen molar-refractivity contribution < 1.29 is 9.53 Å². The monoisotopic (exact) mass is 313 g/mol. The van der Waals surface area contributed by atoms with Gasteiger partial charge in [0.1, 0.15) is 11.4 Å². The summed E-state index contributed by atoms with van der Waals surface area (Å²) in [5.74, 6) is 1.62. The van der Waals surface area contributed by atoms with Crippen LogP contribution in [0.25, 0.3) is 11.3 Å². The molecule has 1 saturated carbocycles. The zero-order chi connectivity index (χ0) is 16.4. The summed E-state index contributed by atoms with van der Waals surface area (Å²) in [6.07, 6.45) is 2.80. The van der Waals surface area contributed by atoms with Gasteiger partial charge in [0.25, 0.3) is 0 Å². The molecule has 0 radical (unpaired) electrons. The third-order valence-electron chi connectivity index (χ3n) is 3.98. The minimum absolute atomic E-state index is 0.0347. The topological polar surface area (TPSA) is 67.0 Å². The first kappa shape index (κ1) is 15.6. The van der Waals surface area contributed by atoms with Gasteiger partial charge in [-0.1, -0.05) is 26.0 Å². The summed E-state index contributed by atoms with van der Waals surface area (Å²) in [7, 11) is 1.64. The largest absolute Gasteiger partial charge is 0.497 e. The lowest BCUT2D eigenvalue weighted by molar-refractivity contribution is -0.116. The SMILES string of the molecule is COc1cccc(-c2n[nH]c(C3CC3)c2NC(=O)CC(C)C)c1. The van der Waals surface area contributed by atoms with E-state index < -0.39 is 0 Å². The fraction of sp³-hybridized carbons (Fsp3) is 0.444. The molecular formula is C18H23N3O2. The zero-order valence-electron chi connectivity index (χ0n) is 13.8. The van der Waals surface area contributed by atoms with Crippen LogP contribution in [-0.2, 0) is 4.79 Å². The van der Waals surface area contributed by atoms with Crippen LogP contribution in [-0.4, -0.2) is 23.2 Å². The molecule has 1 aromatic heterocycles. The van der Waals surface area contributed by atoms with Gasteiger partial charge in [0, 0.05) is 17.9 Å². The number of H-pyrrole nitrogens is 1. The van der Waals surface area contributed by atoms with E-state index in [0.717, 1.165) is 41.2 Å². The number of anilines is 1. The van der Waals surface area contributed by atoms with Crippen LogP contribution >= 0.6 is 0 Å². The number of nitrogens with zero attached hydrogens (tertiary/aromatic N) is 1. The normalized spacial score (nSPS) is 14.1. The molecule has 23 heavy (non-hydrogen) atoms. The molecule has 1 aromatic carbocycles. The third kappa shape index (κ3) is 3.55. The number of methoxy groups -OCH3 is 1. The fourth-order valence-electron chi connectivity index (χ4n) is 2.69. The number of amides is 1. The molecule has 2 aromatic rings. The first-order valence-corrected chi connectivity index (χ1v) is 8.11. The van der Waals surface area contributed by atoms with Gasteiger partial charge in [-0.25, -0.2) is 0 Å². The van der Waals surface area contributed by atoms with Crippen molar-refractivity contribution >= 4 is 11.6 Å². The average Bonchev–Trinajstić information content (AvgIpc) is 3.28. The van der Waals surface area contributed by atoms with Crippen molar-refractivity contribution in [3.63, 3.8) is 0 Å². The van der Waals surface area contributed by atoms with Gasteiger partial charge in [-0.3, -0.25) is 9.89 Å². The van der Waals surface area contributed by atoms with Crippen molar-refractivity contribution in [1.29, 1.82) is 0 Å². The summed E-state index contributed by atoms with van der Waals surface area (Å²) < 4.78 is 5.29. The molecular weight excluding hydrogens is 290 g/mol. The van der Waals surface area contributed by atoms with E-state index in [1.165, 1.54) is 0 Å². The molecule has 1 aliphatic carbocycles. The Morgan fingerprint density at radius 1 is 1.43 bits per heavy atom. The number of carbonyl (C=O) groups is 1. The second-order valence-corrected chi connectivity index (χ2v) is 6.51.